The monoisotopic (exact) mass is 123 g/mol. The van der Waals surface area contributed by atoms with Crippen molar-refractivity contribution in [3.05, 3.63) is 0 Å². The maximum atomic E-state index is 10.0. The van der Waals surface area contributed by atoms with E-state index in [-0.39, 0.29) is 0 Å². The zero-order chi connectivity index (χ0) is 5.49. The Balaban J connectivity index is 2.52. The van der Waals surface area contributed by atoms with Gasteiger partial charge in [0.15, 0.2) is 0 Å². The molecule has 0 atom stereocenters. The molecule has 1 heterocycles. The third-order valence-electron chi connectivity index (χ3n) is 0.792. The maximum Gasteiger partial charge on any atom is 0.403 e. The van der Waals surface area contributed by atoms with Crippen LogP contribution in [-0.4, -0.2) is 27.5 Å². The average Bonchev–Trinajstić information content (AvgIpc) is 1.99. The van der Waals surface area contributed by atoms with Crippen molar-refractivity contribution < 1.29 is 14.4 Å². The Morgan fingerprint density at radius 1 is 1.43 bits per heavy atom. The molecule has 7 heavy (non-hydrogen) atoms. The predicted molar refractivity (Wildman–Crippen MR) is 23.6 cm³/mol. The Morgan fingerprint density at radius 2 is 1.86 bits per heavy atom. The van der Waals surface area contributed by atoms with Gasteiger partial charge in [-0.15, -0.1) is 0 Å². The van der Waals surface area contributed by atoms with Crippen molar-refractivity contribution >= 4 is 7.75 Å². The van der Waals surface area contributed by atoms with Gasteiger partial charge in [-0.2, -0.15) is 0 Å². The summed E-state index contributed by atoms with van der Waals surface area (Å²) in [5.74, 6) is 0. The third kappa shape index (κ3) is 1.24. The fourth-order valence-corrected chi connectivity index (χ4v) is 0.916. The first-order valence-corrected chi connectivity index (χ1v) is 3.48. The molecule has 1 aliphatic rings. The second-order valence-electron chi connectivity index (χ2n) is 1.47. The van der Waals surface area contributed by atoms with E-state index >= 15 is 0 Å². The van der Waals surface area contributed by atoms with Crippen molar-refractivity contribution in [1.82, 2.24) is 4.67 Å². The van der Waals surface area contributed by atoms with Crippen molar-refractivity contribution in [3.63, 3.8) is 0 Å². The molecule has 4 nitrogen and oxygen atoms in total. The predicted octanol–water partition coefficient (Wildman–Crippen LogP) is -0.605. The fraction of sp³-hybridized carbons (Fsp3) is 1.00. The molecule has 2 N–H and O–H groups in total. The third-order valence-corrected chi connectivity index (χ3v) is 1.93. The van der Waals surface area contributed by atoms with E-state index in [1.165, 1.54) is 0 Å². The quantitative estimate of drug-likeness (QED) is 0.361. The minimum Gasteiger partial charge on any atom is -0.312 e. The average molecular weight is 123 g/mol. The second kappa shape index (κ2) is 1.29. The number of nitrogens with zero attached hydrogens (tertiary/aromatic N) is 1. The summed E-state index contributed by atoms with van der Waals surface area (Å²) in [6.45, 7) is 1.09. The molecule has 0 unspecified atom stereocenters. The zero-order valence-corrected chi connectivity index (χ0v) is 4.51. The first-order valence-electron chi connectivity index (χ1n) is 1.92. The van der Waals surface area contributed by atoms with E-state index in [1.807, 2.05) is 0 Å². The SMILES string of the molecule is O=P(O)(O)N1CC1. The van der Waals surface area contributed by atoms with Crippen molar-refractivity contribution in [2.45, 2.75) is 0 Å². The van der Waals surface area contributed by atoms with E-state index in [1.54, 1.807) is 0 Å². The van der Waals surface area contributed by atoms with E-state index in [2.05, 4.69) is 0 Å². The summed E-state index contributed by atoms with van der Waals surface area (Å²) in [6.07, 6.45) is 0. The smallest absolute Gasteiger partial charge is 0.312 e. The van der Waals surface area contributed by atoms with Crippen LogP contribution in [0.3, 0.4) is 0 Å². The Bertz CT molecular complexity index is 114. The van der Waals surface area contributed by atoms with E-state index in [4.69, 9.17) is 9.79 Å². The summed E-state index contributed by atoms with van der Waals surface area (Å²) < 4.78 is 11.1. The van der Waals surface area contributed by atoms with Gasteiger partial charge in [0, 0.05) is 13.1 Å². The van der Waals surface area contributed by atoms with Gasteiger partial charge >= 0.3 is 7.75 Å². The van der Waals surface area contributed by atoms with Gasteiger partial charge < -0.3 is 9.79 Å². The first kappa shape index (κ1) is 5.25. The molecule has 0 spiro atoms. The highest BCUT2D eigenvalue weighted by molar-refractivity contribution is 7.49. The molecule has 1 saturated heterocycles. The van der Waals surface area contributed by atoms with Crippen LogP contribution in [0.25, 0.3) is 0 Å². The van der Waals surface area contributed by atoms with Crippen LogP contribution >= 0.6 is 7.75 Å². The molecule has 5 heteroatoms. The molecule has 1 rings (SSSR count). The van der Waals surface area contributed by atoms with Crippen LogP contribution in [0.5, 0.6) is 0 Å². The molecule has 0 aromatic carbocycles. The Kier molecular flexibility index (Phi) is 0.970. The summed E-state index contributed by atoms with van der Waals surface area (Å²) >= 11 is 0. The molecule has 0 amide bonds. The van der Waals surface area contributed by atoms with Crippen molar-refractivity contribution in [2.24, 2.45) is 0 Å². The number of hydrogen-bond donors (Lipinski definition) is 2. The normalized spacial score (nSPS) is 22.6. The van der Waals surface area contributed by atoms with Gasteiger partial charge in [-0.1, -0.05) is 0 Å². The fourth-order valence-electron chi connectivity index (χ4n) is 0.305. The Morgan fingerprint density at radius 3 is 1.86 bits per heavy atom. The highest BCUT2D eigenvalue weighted by Crippen LogP contribution is 2.44. The van der Waals surface area contributed by atoms with E-state index in [9.17, 15) is 4.57 Å². The highest BCUT2D eigenvalue weighted by Gasteiger charge is 2.34. The molecule has 0 bridgehead atoms. The molecule has 0 saturated carbocycles. The summed E-state index contributed by atoms with van der Waals surface area (Å²) in [6, 6.07) is 0. The van der Waals surface area contributed by atoms with Gasteiger partial charge in [0.25, 0.3) is 0 Å². The minimum atomic E-state index is -3.79. The molecular formula is C2H6NO3P. The second-order valence-corrected chi connectivity index (χ2v) is 3.06. The molecule has 0 aromatic heterocycles. The van der Waals surface area contributed by atoms with Gasteiger partial charge in [0.2, 0.25) is 0 Å². The largest absolute Gasteiger partial charge is 0.403 e. The summed E-state index contributed by atoms with van der Waals surface area (Å²) in [5.41, 5.74) is 0. The standard InChI is InChI=1S/C2H6NO3P/c4-7(5,6)3-1-2-3/h1-2H2,(H2,4,5,6). The Labute approximate surface area is 41.0 Å². The molecule has 0 aliphatic carbocycles. The van der Waals surface area contributed by atoms with Crippen LogP contribution < -0.4 is 0 Å². The van der Waals surface area contributed by atoms with Crippen LogP contribution in [-0.2, 0) is 4.57 Å². The minimum absolute atomic E-state index is 0.546. The molecule has 42 valence electrons. The van der Waals surface area contributed by atoms with Crippen molar-refractivity contribution in [1.29, 1.82) is 0 Å². The lowest BCUT2D eigenvalue weighted by Gasteiger charge is -1.98. The van der Waals surface area contributed by atoms with Crippen molar-refractivity contribution in [3.8, 4) is 0 Å². The van der Waals surface area contributed by atoms with Crippen LogP contribution in [0, 0.1) is 0 Å². The van der Waals surface area contributed by atoms with Gasteiger partial charge in [-0.25, -0.2) is 9.24 Å². The van der Waals surface area contributed by atoms with Gasteiger partial charge in [0.05, 0.1) is 0 Å². The summed E-state index contributed by atoms with van der Waals surface area (Å²) in [7, 11) is -3.79. The van der Waals surface area contributed by atoms with Gasteiger partial charge in [-0.05, 0) is 0 Å². The van der Waals surface area contributed by atoms with Crippen LogP contribution in [0.2, 0.25) is 0 Å². The topological polar surface area (TPSA) is 60.5 Å². The highest BCUT2D eigenvalue weighted by atomic mass is 31.2. The van der Waals surface area contributed by atoms with Crippen molar-refractivity contribution in [2.75, 3.05) is 13.1 Å². The maximum absolute atomic E-state index is 10.0. The van der Waals surface area contributed by atoms with E-state index in [0.717, 1.165) is 4.67 Å². The summed E-state index contributed by atoms with van der Waals surface area (Å²) in [4.78, 5) is 16.4. The molecule has 1 fully saturated rings. The number of hydrogen-bond acceptors (Lipinski definition) is 1. The van der Waals surface area contributed by atoms with Crippen LogP contribution in [0.1, 0.15) is 0 Å². The van der Waals surface area contributed by atoms with Gasteiger partial charge in [0.1, 0.15) is 0 Å². The van der Waals surface area contributed by atoms with Crippen LogP contribution in [0.15, 0.2) is 0 Å². The molecule has 0 aromatic rings. The molecule has 0 radical (unpaired) electrons. The lowest BCUT2D eigenvalue weighted by atomic mass is 11.0. The first-order chi connectivity index (χ1) is 3.11. The lowest BCUT2D eigenvalue weighted by Crippen LogP contribution is -1.89. The summed E-state index contributed by atoms with van der Waals surface area (Å²) in [5, 5.41) is 0. The Hall–Kier alpha value is 0.110. The van der Waals surface area contributed by atoms with E-state index in [0.29, 0.717) is 13.1 Å². The molecule has 1 aliphatic heterocycles. The van der Waals surface area contributed by atoms with Gasteiger partial charge in [-0.3, -0.25) is 0 Å². The zero-order valence-electron chi connectivity index (χ0n) is 3.61. The number of rotatable bonds is 1. The lowest BCUT2D eigenvalue weighted by molar-refractivity contribution is 0.336. The van der Waals surface area contributed by atoms with E-state index < -0.39 is 7.75 Å². The van der Waals surface area contributed by atoms with Crippen LogP contribution in [0.4, 0.5) is 0 Å². The molecular weight excluding hydrogens is 117 g/mol.